The molecular formula is C13H12ClN3O2S. The van der Waals surface area contributed by atoms with Crippen LogP contribution in [0.2, 0.25) is 5.02 Å². The summed E-state index contributed by atoms with van der Waals surface area (Å²) in [4.78, 5) is 11.7. The van der Waals surface area contributed by atoms with Crippen molar-refractivity contribution in [3.8, 4) is 0 Å². The van der Waals surface area contributed by atoms with Crippen molar-refractivity contribution in [1.82, 2.24) is 10.2 Å². The van der Waals surface area contributed by atoms with Crippen LogP contribution >= 0.6 is 22.9 Å². The minimum absolute atomic E-state index is 0.264. The molecule has 1 amide bonds. The molecule has 7 heteroatoms. The summed E-state index contributed by atoms with van der Waals surface area (Å²) in [7, 11) is 1.58. The standard InChI is InChI=1S/C13H12ClN3O2S/c1-19-8-12-16-17-13(20-12)15-11(18)7-4-9-2-5-10(14)6-3-9/h2-7H,8H2,1H3,(H,15,17,18). The lowest BCUT2D eigenvalue weighted by molar-refractivity contribution is -0.111. The number of carbonyl (C=O) groups is 1. The fourth-order valence-electron chi connectivity index (χ4n) is 1.38. The molecule has 1 aromatic carbocycles. The van der Waals surface area contributed by atoms with Gasteiger partial charge in [0.15, 0.2) is 0 Å². The van der Waals surface area contributed by atoms with Gasteiger partial charge in [-0.1, -0.05) is 35.1 Å². The first-order chi connectivity index (χ1) is 9.67. The van der Waals surface area contributed by atoms with Gasteiger partial charge in [0.2, 0.25) is 11.0 Å². The third-order valence-electron chi connectivity index (χ3n) is 2.26. The van der Waals surface area contributed by atoms with Crippen molar-refractivity contribution in [3.05, 3.63) is 45.9 Å². The molecule has 1 aromatic heterocycles. The van der Waals surface area contributed by atoms with Crippen LogP contribution in [0, 0.1) is 0 Å². The number of aromatic nitrogens is 2. The summed E-state index contributed by atoms with van der Waals surface area (Å²) in [5.41, 5.74) is 0.891. The van der Waals surface area contributed by atoms with Gasteiger partial charge >= 0.3 is 0 Å². The first-order valence-corrected chi connectivity index (χ1v) is 6.93. The molecule has 0 bridgehead atoms. The van der Waals surface area contributed by atoms with Crippen molar-refractivity contribution >= 4 is 40.1 Å². The van der Waals surface area contributed by atoms with Crippen LogP contribution in [0.15, 0.2) is 30.3 Å². The summed E-state index contributed by atoms with van der Waals surface area (Å²) in [5, 5.41) is 12.2. The molecule has 0 saturated carbocycles. The molecule has 1 heterocycles. The Labute approximate surface area is 125 Å². The molecule has 0 aliphatic carbocycles. The second-order valence-corrected chi connectivity index (χ2v) is 5.31. The van der Waals surface area contributed by atoms with Gasteiger partial charge in [0, 0.05) is 18.2 Å². The normalized spacial score (nSPS) is 10.9. The van der Waals surface area contributed by atoms with Gasteiger partial charge in [0.1, 0.15) is 11.6 Å². The summed E-state index contributed by atoms with van der Waals surface area (Å²) >= 11 is 7.06. The number of methoxy groups -OCH3 is 1. The van der Waals surface area contributed by atoms with Gasteiger partial charge in [-0.15, -0.1) is 10.2 Å². The van der Waals surface area contributed by atoms with Crippen LogP contribution < -0.4 is 5.32 Å². The van der Waals surface area contributed by atoms with Crippen LogP contribution in [0.1, 0.15) is 10.6 Å². The van der Waals surface area contributed by atoms with Crippen molar-refractivity contribution in [1.29, 1.82) is 0 Å². The van der Waals surface area contributed by atoms with Gasteiger partial charge < -0.3 is 4.74 Å². The van der Waals surface area contributed by atoms with Crippen molar-refractivity contribution in [3.63, 3.8) is 0 Å². The Kier molecular flexibility index (Phi) is 5.23. The number of halogens is 1. The molecule has 2 aromatic rings. The van der Waals surface area contributed by atoms with Crippen LogP contribution in [-0.4, -0.2) is 23.2 Å². The first-order valence-electron chi connectivity index (χ1n) is 5.73. The van der Waals surface area contributed by atoms with Gasteiger partial charge in [-0.3, -0.25) is 10.1 Å². The lowest BCUT2D eigenvalue weighted by Gasteiger charge is -1.95. The fraction of sp³-hybridized carbons (Fsp3) is 0.154. The maximum Gasteiger partial charge on any atom is 0.250 e. The van der Waals surface area contributed by atoms with E-state index in [1.54, 1.807) is 25.3 Å². The van der Waals surface area contributed by atoms with Gasteiger partial charge in [-0.05, 0) is 23.8 Å². The zero-order chi connectivity index (χ0) is 14.4. The molecule has 0 radical (unpaired) electrons. The van der Waals surface area contributed by atoms with Crippen molar-refractivity contribution in [2.45, 2.75) is 6.61 Å². The van der Waals surface area contributed by atoms with Gasteiger partial charge in [-0.2, -0.15) is 0 Å². The predicted octanol–water partition coefficient (Wildman–Crippen LogP) is 2.99. The predicted molar refractivity (Wildman–Crippen MR) is 79.7 cm³/mol. The second kappa shape index (κ2) is 7.14. The summed E-state index contributed by atoms with van der Waals surface area (Å²) in [6, 6.07) is 7.18. The van der Waals surface area contributed by atoms with Crippen LogP contribution in [0.25, 0.3) is 6.08 Å². The third kappa shape index (κ3) is 4.41. The number of nitrogens with one attached hydrogen (secondary N) is 1. The van der Waals surface area contributed by atoms with E-state index in [1.807, 2.05) is 12.1 Å². The van der Waals surface area contributed by atoms with E-state index in [0.717, 1.165) is 5.56 Å². The third-order valence-corrected chi connectivity index (χ3v) is 3.33. The quantitative estimate of drug-likeness (QED) is 0.862. The Bertz CT molecular complexity index is 610. The minimum atomic E-state index is -0.264. The highest BCUT2D eigenvalue weighted by atomic mass is 35.5. The molecule has 0 spiro atoms. The van der Waals surface area contributed by atoms with Gasteiger partial charge in [-0.25, -0.2) is 0 Å². The first kappa shape index (κ1) is 14.6. The molecule has 104 valence electrons. The van der Waals surface area contributed by atoms with E-state index in [9.17, 15) is 4.79 Å². The maximum absolute atomic E-state index is 11.7. The number of rotatable bonds is 5. The van der Waals surface area contributed by atoms with Crippen molar-refractivity contribution in [2.75, 3.05) is 12.4 Å². The molecule has 0 atom stereocenters. The maximum atomic E-state index is 11.7. The minimum Gasteiger partial charge on any atom is -0.377 e. The molecule has 2 rings (SSSR count). The van der Waals surface area contributed by atoms with Crippen LogP contribution in [0.3, 0.4) is 0 Å². The summed E-state index contributed by atoms with van der Waals surface area (Å²) in [6.07, 6.45) is 3.13. The zero-order valence-corrected chi connectivity index (χ0v) is 12.2. The largest absolute Gasteiger partial charge is 0.377 e. The van der Waals surface area contributed by atoms with Crippen LogP contribution in [-0.2, 0) is 16.1 Å². The Hall–Kier alpha value is -1.76. The highest BCUT2D eigenvalue weighted by Crippen LogP contribution is 2.16. The van der Waals surface area contributed by atoms with Crippen molar-refractivity contribution in [2.24, 2.45) is 0 Å². The van der Waals surface area contributed by atoms with Crippen molar-refractivity contribution < 1.29 is 9.53 Å². The van der Waals surface area contributed by atoms with E-state index < -0.39 is 0 Å². The average Bonchev–Trinajstić information content (AvgIpc) is 2.86. The van der Waals surface area contributed by atoms with E-state index in [1.165, 1.54) is 17.4 Å². The molecule has 5 nitrogen and oxygen atoms in total. The Morgan fingerprint density at radius 3 is 2.85 bits per heavy atom. The lowest BCUT2D eigenvalue weighted by Crippen LogP contribution is -2.07. The number of carbonyl (C=O) groups excluding carboxylic acids is 1. The molecule has 0 saturated heterocycles. The van der Waals surface area contributed by atoms with Crippen LogP contribution in [0.4, 0.5) is 5.13 Å². The van der Waals surface area contributed by atoms with E-state index in [4.69, 9.17) is 16.3 Å². The topological polar surface area (TPSA) is 64.1 Å². The second-order valence-electron chi connectivity index (χ2n) is 3.81. The molecule has 0 fully saturated rings. The van der Waals surface area contributed by atoms with Crippen LogP contribution in [0.5, 0.6) is 0 Å². The molecule has 0 aliphatic heterocycles. The highest BCUT2D eigenvalue weighted by molar-refractivity contribution is 7.15. The summed E-state index contributed by atoms with van der Waals surface area (Å²) in [5.74, 6) is -0.264. The van der Waals surface area contributed by atoms with Gasteiger partial charge in [0.25, 0.3) is 0 Å². The average molecular weight is 310 g/mol. The number of amides is 1. The molecule has 1 N–H and O–H groups in total. The zero-order valence-electron chi connectivity index (χ0n) is 10.7. The monoisotopic (exact) mass is 309 g/mol. The fourth-order valence-corrected chi connectivity index (χ4v) is 2.22. The lowest BCUT2D eigenvalue weighted by atomic mass is 10.2. The highest BCUT2D eigenvalue weighted by Gasteiger charge is 2.05. The Balaban J connectivity index is 1.92. The molecular weight excluding hydrogens is 298 g/mol. The number of hydrogen-bond donors (Lipinski definition) is 1. The smallest absolute Gasteiger partial charge is 0.250 e. The number of benzene rings is 1. The molecule has 0 unspecified atom stereocenters. The van der Waals surface area contributed by atoms with E-state index in [0.29, 0.717) is 21.8 Å². The number of anilines is 1. The SMILES string of the molecule is COCc1nnc(NC(=O)C=Cc2ccc(Cl)cc2)s1. The number of nitrogens with zero attached hydrogens (tertiary/aromatic N) is 2. The Morgan fingerprint density at radius 1 is 1.40 bits per heavy atom. The molecule has 0 aliphatic rings. The van der Waals surface area contributed by atoms with E-state index >= 15 is 0 Å². The summed E-state index contributed by atoms with van der Waals surface area (Å²) in [6.45, 7) is 0.383. The summed E-state index contributed by atoms with van der Waals surface area (Å²) < 4.78 is 4.93. The number of hydrogen-bond acceptors (Lipinski definition) is 5. The van der Waals surface area contributed by atoms with E-state index in [-0.39, 0.29) is 5.91 Å². The van der Waals surface area contributed by atoms with E-state index in [2.05, 4.69) is 15.5 Å². The van der Waals surface area contributed by atoms with Gasteiger partial charge in [0.05, 0.1) is 0 Å². The Morgan fingerprint density at radius 2 is 2.15 bits per heavy atom. The number of ether oxygens (including phenoxy) is 1. The molecule has 20 heavy (non-hydrogen) atoms.